The van der Waals surface area contributed by atoms with E-state index in [9.17, 15) is 14.4 Å². The van der Waals surface area contributed by atoms with E-state index in [0.29, 0.717) is 19.3 Å². The lowest BCUT2D eigenvalue weighted by Crippen LogP contribution is -2.30. The molecule has 0 aromatic carbocycles. The van der Waals surface area contributed by atoms with Crippen LogP contribution in [0, 0.1) is 0 Å². The molecule has 0 aromatic heterocycles. The smallest absolute Gasteiger partial charge is 0.306 e. The number of hydrogen-bond donors (Lipinski definition) is 0. The van der Waals surface area contributed by atoms with Crippen molar-refractivity contribution in [2.45, 2.75) is 386 Å². The molecule has 0 aromatic rings. The number of hydrogen-bond acceptors (Lipinski definition) is 6. The minimum Gasteiger partial charge on any atom is -0.462 e. The third-order valence-corrected chi connectivity index (χ3v) is 15.8. The Balaban J connectivity index is 4.27. The molecule has 1 atom stereocenters. The van der Waals surface area contributed by atoms with Gasteiger partial charge in [-0.05, 0) is 83.5 Å². The molecule has 0 saturated heterocycles. The van der Waals surface area contributed by atoms with E-state index < -0.39 is 6.10 Å². The number of esters is 3. The zero-order valence-corrected chi connectivity index (χ0v) is 53.2. The molecule has 0 saturated carbocycles. The molecule has 6 heteroatoms. The molecule has 79 heavy (non-hydrogen) atoms. The summed E-state index contributed by atoms with van der Waals surface area (Å²) in [4.78, 5) is 38.4. The first-order chi connectivity index (χ1) is 39.0. The van der Waals surface area contributed by atoms with Crippen LogP contribution in [0.5, 0.6) is 0 Å². The molecule has 0 bridgehead atoms. The van der Waals surface area contributed by atoms with Crippen molar-refractivity contribution < 1.29 is 28.6 Å². The van der Waals surface area contributed by atoms with Crippen molar-refractivity contribution in [2.24, 2.45) is 0 Å². The Morgan fingerprint density at radius 3 is 0.709 bits per heavy atom. The largest absolute Gasteiger partial charge is 0.462 e. The SMILES string of the molecule is CCCCCC/C=C\C/C=C\CCCCCCCCCC(=O)OC(COC(=O)CCCCCCCCCCCCCCCCCC)COC(=O)CCCCCCCCCCCCCCCCC/C=C\C/C=C\CCCCCCC. The molecule has 0 fully saturated rings. The van der Waals surface area contributed by atoms with Crippen LogP contribution in [0.3, 0.4) is 0 Å². The van der Waals surface area contributed by atoms with E-state index in [0.717, 1.165) is 77.0 Å². The molecule has 0 radical (unpaired) electrons. The second kappa shape index (κ2) is 67.9. The van der Waals surface area contributed by atoms with Crippen molar-refractivity contribution in [2.75, 3.05) is 13.2 Å². The first kappa shape index (κ1) is 76.4. The highest BCUT2D eigenvalue weighted by molar-refractivity contribution is 5.71. The summed E-state index contributed by atoms with van der Waals surface area (Å²) < 4.78 is 17.0. The van der Waals surface area contributed by atoms with Crippen LogP contribution in [0.4, 0.5) is 0 Å². The molecule has 0 aliphatic heterocycles. The first-order valence-corrected chi connectivity index (χ1v) is 35.1. The third kappa shape index (κ3) is 66.1. The summed E-state index contributed by atoms with van der Waals surface area (Å²) in [7, 11) is 0. The minimum absolute atomic E-state index is 0.0714. The van der Waals surface area contributed by atoms with Crippen molar-refractivity contribution in [1.82, 2.24) is 0 Å². The van der Waals surface area contributed by atoms with Crippen LogP contribution in [0.25, 0.3) is 0 Å². The van der Waals surface area contributed by atoms with Gasteiger partial charge < -0.3 is 14.2 Å². The van der Waals surface area contributed by atoms with Crippen LogP contribution in [0.1, 0.15) is 380 Å². The van der Waals surface area contributed by atoms with E-state index in [1.54, 1.807) is 0 Å². The zero-order valence-electron chi connectivity index (χ0n) is 53.2. The van der Waals surface area contributed by atoms with E-state index in [2.05, 4.69) is 69.4 Å². The number of rotatable bonds is 65. The van der Waals surface area contributed by atoms with Crippen LogP contribution in [0.15, 0.2) is 48.6 Å². The molecular weight excluding hydrogens is 973 g/mol. The Bertz CT molecular complexity index is 1360. The van der Waals surface area contributed by atoms with Crippen molar-refractivity contribution >= 4 is 17.9 Å². The van der Waals surface area contributed by atoms with Gasteiger partial charge in [-0.25, -0.2) is 0 Å². The average molecular weight is 1110 g/mol. The maximum Gasteiger partial charge on any atom is 0.306 e. The van der Waals surface area contributed by atoms with Gasteiger partial charge in [0.15, 0.2) is 6.10 Å². The van der Waals surface area contributed by atoms with Gasteiger partial charge in [-0.2, -0.15) is 0 Å². The van der Waals surface area contributed by atoms with E-state index in [4.69, 9.17) is 14.2 Å². The van der Waals surface area contributed by atoms with Crippen molar-refractivity contribution in [3.63, 3.8) is 0 Å². The molecule has 1 unspecified atom stereocenters. The van der Waals surface area contributed by atoms with Gasteiger partial charge in [0.1, 0.15) is 13.2 Å². The Kier molecular flexibility index (Phi) is 65.6. The van der Waals surface area contributed by atoms with Gasteiger partial charge in [-0.3, -0.25) is 14.4 Å². The Labute approximate surface area is 492 Å². The number of unbranched alkanes of at least 4 members (excludes halogenated alkanes) is 46. The second-order valence-corrected chi connectivity index (χ2v) is 23.8. The summed E-state index contributed by atoms with van der Waals surface area (Å²) in [5.41, 5.74) is 0. The van der Waals surface area contributed by atoms with E-state index in [1.807, 2.05) is 0 Å². The van der Waals surface area contributed by atoms with Gasteiger partial charge >= 0.3 is 17.9 Å². The highest BCUT2D eigenvalue weighted by Gasteiger charge is 2.19. The topological polar surface area (TPSA) is 78.9 Å². The molecule has 0 amide bonds. The fraction of sp³-hybridized carbons (Fsp3) is 0.849. The normalized spacial score (nSPS) is 12.3. The summed E-state index contributed by atoms with van der Waals surface area (Å²) in [5.74, 6) is -0.852. The van der Waals surface area contributed by atoms with Crippen molar-refractivity contribution in [3.8, 4) is 0 Å². The van der Waals surface area contributed by atoms with E-state index in [-0.39, 0.29) is 31.1 Å². The third-order valence-electron chi connectivity index (χ3n) is 15.8. The van der Waals surface area contributed by atoms with Crippen LogP contribution in [0.2, 0.25) is 0 Å². The summed E-state index contributed by atoms with van der Waals surface area (Å²) in [6, 6.07) is 0. The van der Waals surface area contributed by atoms with Gasteiger partial charge in [0.05, 0.1) is 0 Å². The number of carbonyl (C=O) groups excluding carboxylic acids is 3. The predicted molar refractivity (Wildman–Crippen MR) is 344 cm³/mol. The van der Waals surface area contributed by atoms with Gasteiger partial charge in [0.2, 0.25) is 0 Å². The average Bonchev–Trinajstić information content (AvgIpc) is 3.45. The summed E-state index contributed by atoms with van der Waals surface area (Å²) in [5, 5.41) is 0. The summed E-state index contributed by atoms with van der Waals surface area (Å²) in [6.45, 7) is 6.67. The molecular formula is C73H134O6. The van der Waals surface area contributed by atoms with E-state index >= 15 is 0 Å². The number of allylic oxidation sites excluding steroid dienone is 8. The van der Waals surface area contributed by atoms with Gasteiger partial charge in [0, 0.05) is 19.3 Å². The fourth-order valence-corrected chi connectivity index (χ4v) is 10.5. The van der Waals surface area contributed by atoms with Crippen molar-refractivity contribution in [3.05, 3.63) is 48.6 Å². The first-order valence-electron chi connectivity index (χ1n) is 35.1. The quantitative estimate of drug-likeness (QED) is 0.0261. The minimum atomic E-state index is -0.776. The van der Waals surface area contributed by atoms with Crippen LogP contribution in [-0.4, -0.2) is 37.2 Å². The second-order valence-electron chi connectivity index (χ2n) is 23.8. The molecule has 0 N–H and O–H groups in total. The van der Waals surface area contributed by atoms with Crippen LogP contribution >= 0.6 is 0 Å². The van der Waals surface area contributed by atoms with Crippen LogP contribution < -0.4 is 0 Å². The number of carbonyl (C=O) groups is 3. The Morgan fingerprint density at radius 2 is 0.456 bits per heavy atom. The maximum atomic E-state index is 12.9. The lowest BCUT2D eigenvalue weighted by Gasteiger charge is -2.18. The monoisotopic (exact) mass is 1110 g/mol. The number of ether oxygens (including phenoxy) is 3. The molecule has 6 nitrogen and oxygen atoms in total. The molecule has 0 spiro atoms. The fourth-order valence-electron chi connectivity index (χ4n) is 10.5. The highest BCUT2D eigenvalue weighted by Crippen LogP contribution is 2.18. The van der Waals surface area contributed by atoms with Gasteiger partial charge in [-0.15, -0.1) is 0 Å². The summed E-state index contributed by atoms with van der Waals surface area (Å²) in [6.07, 6.45) is 85.6. The highest BCUT2D eigenvalue weighted by atomic mass is 16.6. The standard InChI is InChI=1S/C73H134O6/c1-4-7-10-13-16-19-22-25-28-31-33-34-35-36-37-38-39-40-41-43-45-48-51-54-57-60-63-66-72(75)78-69-70(68-77-71(74)65-62-59-56-53-50-47-44-30-27-24-21-18-15-12-9-6-3)79-73(76)67-64-61-58-55-52-49-46-42-32-29-26-23-20-17-14-11-8-5-2/h20,22-23,25,29,31-33,70H,4-19,21,24,26-28,30,34-69H2,1-3H3/b23-20-,25-22-,32-29-,33-31-. The Morgan fingerprint density at radius 1 is 0.253 bits per heavy atom. The molecule has 0 aliphatic carbocycles. The van der Waals surface area contributed by atoms with Crippen LogP contribution in [-0.2, 0) is 28.6 Å². The molecule has 462 valence electrons. The lowest BCUT2D eigenvalue weighted by atomic mass is 10.0. The molecule has 0 rings (SSSR count). The zero-order chi connectivity index (χ0) is 57.1. The maximum absolute atomic E-state index is 12.9. The van der Waals surface area contributed by atoms with Gasteiger partial charge in [-0.1, -0.05) is 326 Å². The predicted octanol–water partition coefficient (Wildman–Crippen LogP) is 24.1. The molecule has 0 aliphatic rings. The lowest BCUT2D eigenvalue weighted by molar-refractivity contribution is -0.167. The van der Waals surface area contributed by atoms with Gasteiger partial charge in [0.25, 0.3) is 0 Å². The Hall–Kier alpha value is -2.63. The summed E-state index contributed by atoms with van der Waals surface area (Å²) >= 11 is 0. The van der Waals surface area contributed by atoms with Crippen molar-refractivity contribution in [1.29, 1.82) is 0 Å². The van der Waals surface area contributed by atoms with E-state index in [1.165, 1.54) is 263 Å². The molecule has 0 heterocycles.